The first-order valence-electron chi connectivity index (χ1n) is 9.27. The maximum absolute atomic E-state index is 9.17. The van der Waals surface area contributed by atoms with E-state index in [1.54, 1.807) is 0 Å². The van der Waals surface area contributed by atoms with Gasteiger partial charge in [0.15, 0.2) is 0 Å². The summed E-state index contributed by atoms with van der Waals surface area (Å²) in [7, 11) is 0. The fraction of sp³-hybridized carbons (Fsp3) is 0.944. The summed E-state index contributed by atoms with van der Waals surface area (Å²) in [5.74, 6) is 1.13. The maximum Gasteiger partial charge on any atom is 0.116 e. The number of rotatable bonds is 14. The van der Waals surface area contributed by atoms with E-state index in [4.69, 9.17) is 0 Å². The lowest BCUT2D eigenvalue weighted by Crippen LogP contribution is -2.28. The van der Waals surface area contributed by atoms with Crippen molar-refractivity contribution in [3.05, 3.63) is 0 Å². The molecule has 0 fully saturated rings. The minimum atomic E-state index is 0.136. The summed E-state index contributed by atoms with van der Waals surface area (Å²) in [5.41, 5.74) is 0. The molecule has 0 spiro atoms. The van der Waals surface area contributed by atoms with Gasteiger partial charge in [0.05, 0.1) is 6.54 Å². The van der Waals surface area contributed by atoms with Gasteiger partial charge in [0.1, 0.15) is 12.6 Å². The molecule has 124 valence electrons. The lowest BCUT2D eigenvalue weighted by atomic mass is 10.0. The summed E-state index contributed by atoms with van der Waals surface area (Å²) in [6, 6.07) is 0. The molecule has 0 saturated heterocycles. The van der Waals surface area contributed by atoms with E-state index in [2.05, 4.69) is 11.9 Å². The summed E-state index contributed by atoms with van der Waals surface area (Å²) in [5, 5.41) is 9.17. The highest BCUT2D eigenvalue weighted by molar-refractivity contribution is 5.83. The van der Waals surface area contributed by atoms with E-state index in [1.807, 2.05) is 4.90 Å². The zero-order valence-corrected chi connectivity index (χ0v) is 14.2. The van der Waals surface area contributed by atoms with Crippen LogP contribution in [0.1, 0.15) is 90.4 Å². The Kier molecular flexibility index (Phi) is 11.5. The zero-order chi connectivity index (χ0) is 15.2. The number of aliphatic imine (C=N–C) groups is 1. The molecule has 3 nitrogen and oxygen atoms in total. The average Bonchev–Trinajstić information content (AvgIpc) is 2.96. The van der Waals surface area contributed by atoms with Crippen molar-refractivity contribution in [1.29, 1.82) is 0 Å². The third-order valence-electron chi connectivity index (χ3n) is 4.45. The van der Waals surface area contributed by atoms with Crippen LogP contribution in [0.4, 0.5) is 0 Å². The quantitative estimate of drug-likeness (QED) is 0.470. The molecule has 1 aliphatic rings. The molecule has 0 bridgehead atoms. The SMILES string of the molecule is CCCCCCCCCCCCCCC1=NCCN1CO. The molecule has 0 saturated carbocycles. The van der Waals surface area contributed by atoms with E-state index in [0.717, 1.165) is 25.3 Å². The lowest BCUT2D eigenvalue weighted by molar-refractivity contribution is 0.178. The van der Waals surface area contributed by atoms with Crippen molar-refractivity contribution >= 4 is 5.84 Å². The van der Waals surface area contributed by atoms with Crippen LogP contribution < -0.4 is 0 Å². The Labute approximate surface area is 131 Å². The van der Waals surface area contributed by atoms with Gasteiger partial charge < -0.3 is 10.0 Å². The van der Waals surface area contributed by atoms with E-state index in [9.17, 15) is 5.11 Å². The molecule has 0 aromatic carbocycles. The van der Waals surface area contributed by atoms with Gasteiger partial charge in [0.2, 0.25) is 0 Å². The van der Waals surface area contributed by atoms with Crippen LogP contribution in [0.25, 0.3) is 0 Å². The van der Waals surface area contributed by atoms with Gasteiger partial charge in [-0.1, -0.05) is 77.6 Å². The molecule has 1 rings (SSSR count). The van der Waals surface area contributed by atoms with Gasteiger partial charge in [0.25, 0.3) is 0 Å². The van der Waals surface area contributed by atoms with E-state index in [1.165, 1.54) is 77.0 Å². The summed E-state index contributed by atoms with van der Waals surface area (Å²) in [4.78, 5) is 6.46. The Balaban J connectivity index is 1.79. The van der Waals surface area contributed by atoms with Crippen molar-refractivity contribution in [3.63, 3.8) is 0 Å². The molecule has 0 radical (unpaired) electrons. The predicted molar refractivity (Wildman–Crippen MR) is 91.8 cm³/mol. The Morgan fingerprint density at radius 2 is 1.38 bits per heavy atom. The highest BCUT2D eigenvalue weighted by Crippen LogP contribution is 2.14. The van der Waals surface area contributed by atoms with Crippen LogP contribution in [0, 0.1) is 0 Å². The number of aliphatic hydroxyl groups excluding tert-OH is 1. The number of aliphatic hydroxyl groups is 1. The maximum atomic E-state index is 9.17. The van der Waals surface area contributed by atoms with Gasteiger partial charge in [-0.3, -0.25) is 4.99 Å². The van der Waals surface area contributed by atoms with Crippen LogP contribution in [0.3, 0.4) is 0 Å². The number of unbranched alkanes of at least 4 members (excludes halogenated alkanes) is 11. The fourth-order valence-electron chi connectivity index (χ4n) is 3.04. The lowest BCUT2D eigenvalue weighted by Gasteiger charge is -2.16. The van der Waals surface area contributed by atoms with Crippen molar-refractivity contribution in [1.82, 2.24) is 4.90 Å². The van der Waals surface area contributed by atoms with Crippen molar-refractivity contribution in [2.75, 3.05) is 19.8 Å². The zero-order valence-electron chi connectivity index (χ0n) is 14.2. The molecule has 0 aromatic heterocycles. The number of nitrogens with zero attached hydrogens (tertiary/aromatic N) is 2. The molecule has 0 atom stereocenters. The Morgan fingerprint density at radius 3 is 1.90 bits per heavy atom. The molecule has 0 unspecified atom stereocenters. The van der Waals surface area contributed by atoms with Gasteiger partial charge in [-0.15, -0.1) is 0 Å². The average molecular weight is 296 g/mol. The summed E-state index contributed by atoms with van der Waals surface area (Å²) >= 11 is 0. The number of hydrogen-bond donors (Lipinski definition) is 1. The van der Waals surface area contributed by atoms with Crippen LogP contribution in [-0.4, -0.2) is 35.7 Å². The Bertz CT molecular complexity index is 266. The molecular weight excluding hydrogens is 260 g/mol. The summed E-state index contributed by atoms with van der Waals surface area (Å²) < 4.78 is 0. The molecule has 1 N–H and O–H groups in total. The van der Waals surface area contributed by atoms with Crippen molar-refractivity contribution in [3.8, 4) is 0 Å². The van der Waals surface area contributed by atoms with Gasteiger partial charge in [-0.25, -0.2) is 0 Å². The van der Waals surface area contributed by atoms with Gasteiger partial charge in [-0.05, 0) is 6.42 Å². The minimum Gasteiger partial charge on any atom is -0.376 e. The second-order valence-corrected chi connectivity index (χ2v) is 6.34. The van der Waals surface area contributed by atoms with Crippen LogP contribution >= 0.6 is 0 Å². The first-order valence-corrected chi connectivity index (χ1v) is 9.27. The number of hydrogen-bond acceptors (Lipinski definition) is 3. The fourth-order valence-corrected chi connectivity index (χ4v) is 3.04. The summed E-state index contributed by atoms with van der Waals surface area (Å²) in [6.45, 7) is 4.19. The van der Waals surface area contributed by atoms with Crippen molar-refractivity contribution < 1.29 is 5.11 Å². The Morgan fingerprint density at radius 1 is 0.857 bits per heavy atom. The third kappa shape index (κ3) is 9.13. The largest absolute Gasteiger partial charge is 0.376 e. The highest BCUT2D eigenvalue weighted by Gasteiger charge is 2.14. The third-order valence-corrected chi connectivity index (χ3v) is 4.45. The van der Waals surface area contributed by atoms with E-state index in [0.29, 0.717) is 0 Å². The van der Waals surface area contributed by atoms with Crippen LogP contribution in [0.5, 0.6) is 0 Å². The topological polar surface area (TPSA) is 35.8 Å². The van der Waals surface area contributed by atoms with Gasteiger partial charge >= 0.3 is 0 Å². The second-order valence-electron chi connectivity index (χ2n) is 6.34. The van der Waals surface area contributed by atoms with Crippen LogP contribution in [0.15, 0.2) is 4.99 Å². The highest BCUT2D eigenvalue weighted by atomic mass is 16.3. The smallest absolute Gasteiger partial charge is 0.116 e. The standard InChI is InChI=1S/C18H36N2O/c1-2-3-4-5-6-7-8-9-10-11-12-13-14-18-19-15-16-20(18)17-21/h21H,2-17H2,1H3. The monoisotopic (exact) mass is 296 g/mol. The normalized spacial score (nSPS) is 14.8. The molecule has 0 aliphatic carbocycles. The van der Waals surface area contributed by atoms with E-state index >= 15 is 0 Å². The molecule has 1 heterocycles. The second kappa shape index (κ2) is 13.1. The number of amidine groups is 1. The molecule has 0 aromatic rings. The Hall–Kier alpha value is -0.570. The van der Waals surface area contributed by atoms with Gasteiger partial charge in [0, 0.05) is 13.0 Å². The summed E-state index contributed by atoms with van der Waals surface area (Å²) in [6.07, 6.45) is 17.7. The predicted octanol–water partition coefficient (Wildman–Crippen LogP) is 4.74. The molecule has 1 aliphatic heterocycles. The van der Waals surface area contributed by atoms with Crippen molar-refractivity contribution in [2.24, 2.45) is 4.99 Å². The first kappa shape index (κ1) is 18.5. The van der Waals surface area contributed by atoms with Crippen molar-refractivity contribution in [2.45, 2.75) is 90.4 Å². The van der Waals surface area contributed by atoms with Crippen LogP contribution in [0.2, 0.25) is 0 Å². The van der Waals surface area contributed by atoms with Crippen LogP contribution in [-0.2, 0) is 0 Å². The molecule has 21 heavy (non-hydrogen) atoms. The first-order chi connectivity index (χ1) is 10.4. The van der Waals surface area contributed by atoms with E-state index < -0.39 is 0 Å². The molecular formula is C18H36N2O. The minimum absolute atomic E-state index is 0.136. The molecule has 3 heteroatoms. The molecule has 0 amide bonds. The van der Waals surface area contributed by atoms with E-state index in [-0.39, 0.29) is 6.73 Å². The van der Waals surface area contributed by atoms with Gasteiger partial charge in [-0.2, -0.15) is 0 Å².